The molecule has 0 spiro atoms. The normalized spacial score (nSPS) is 11.4. The molecule has 0 nitrogen and oxygen atoms in total. The van der Waals surface area contributed by atoms with Crippen LogP contribution in [0.4, 0.5) is 0 Å². The van der Waals surface area contributed by atoms with E-state index in [-0.39, 0.29) is 0 Å². The van der Waals surface area contributed by atoms with E-state index in [1.54, 1.807) is 11.1 Å². The largest absolute Gasteiger partial charge is 0.133 e. The summed E-state index contributed by atoms with van der Waals surface area (Å²) in [6.45, 7) is 6.94. The second-order valence-electron chi connectivity index (χ2n) is 7.91. The van der Waals surface area contributed by atoms with Gasteiger partial charge < -0.3 is 0 Å². The molecule has 0 unspecified atom stereocenters. The van der Waals surface area contributed by atoms with Gasteiger partial charge in [-0.15, -0.1) is 0 Å². The van der Waals surface area contributed by atoms with Gasteiger partial charge in [0, 0.05) is 5.56 Å². The fourth-order valence-corrected chi connectivity index (χ4v) is 5.99. The zero-order valence-electron chi connectivity index (χ0n) is 18.0. The number of unbranched alkanes of at least 4 members (excludes halogenated alkanes) is 9. The van der Waals surface area contributed by atoms with Gasteiger partial charge in [-0.1, -0.05) is 103 Å². The van der Waals surface area contributed by atoms with Crippen molar-refractivity contribution in [3.63, 3.8) is 0 Å². The Balaban J connectivity index is 2.11. The molecule has 26 heavy (non-hydrogen) atoms. The Morgan fingerprint density at radius 1 is 0.538 bits per heavy atom. The summed E-state index contributed by atoms with van der Waals surface area (Å²) in [7, 11) is 0.605. The highest BCUT2D eigenvalue weighted by atomic mass is 32.2. The minimum Gasteiger partial charge on any atom is -0.0654 e. The first kappa shape index (κ1) is 23.6. The predicted octanol–water partition coefficient (Wildman–Crippen LogP) is 8.09. The fourth-order valence-electron chi connectivity index (χ4n) is 3.68. The van der Waals surface area contributed by atoms with E-state index in [2.05, 4.69) is 45.0 Å². The third-order valence-electron chi connectivity index (χ3n) is 5.20. The van der Waals surface area contributed by atoms with Crippen LogP contribution in [0.15, 0.2) is 24.3 Å². The Bertz CT molecular complexity index is 403. The molecule has 0 radical (unpaired) electrons. The summed E-state index contributed by atoms with van der Waals surface area (Å²) in [5.41, 5.74) is 3.10. The Hall–Kier alpha value is -0.430. The van der Waals surface area contributed by atoms with Crippen LogP contribution >= 0.6 is 0 Å². The van der Waals surface area contributed by atoms with Crippen LogP contribution in [0.2, 0.25) is 0 Å². The standard InChI is InChI=1S/C25H45S/c1-4-7-8-9-10-11-12-13-14-15-16-24-17-19-25(20-18-24)23-26(21-5-2)22-6-3/h17-20H,4-16,21-23H2,1-3H3/q+1. The lowest BCUT2D eigenvalue weighted by atomic mass is 10.0. The molecule has 1 heteroatoms. The van der Waals surface area contributed by atoms with Crippen LogP contribution in [0.3, 0.4) is 0 Å². The van der Waals surface area contributed by atoms with Gasteiger partial charge in [0.05, 0.1) is 0 Å². The number of benzene rings is 1. The van der Waals surface area contributed by atoms with Crippen LogP contribution in [-0.4, -0.2) is 11.5 Å². The fraction of sp³-hybridized carbons (Fsp3) is 0.760. The van der Waals surface area contributed by atoms with Crippen molar-refractivity contribution >= 4 is 10.9 Å². The van der Waals surface area contributed by atoms with E-state index < -0.39 is 0 Å². The summed E-state index contributed by atoms with van der Waals surface area (Å²) in [5, 5.41) is 0. The van der Waals surface area contributed by atoms with Gasteiger partial charge in [-0.05, 0) is 42.1 Å². The molecule has 0 heterocycles. The topological polar surface area (TPSA) is 0 Å². The molecule has 1 rings (SSSR count). The minimum absolute atomic E-state index is 0.605. The van der Waals surface area contributed by atoms with Crippen molar-refractivity contribution in [2.24, 2.45) is 0 Å². The van der Waals surface area contributed by atoms with Crippen LogP contribution in [0.25, 0.3) is 0 Å². The van der Waals surface area contributed by atoms with Gasteiger partial charge in [0.25, 0.3) is 0 Å². The van der Waals surface area contributed by atoms with Crippen LogP contribution in [0.5, 0.6) is 0 Å². The van der Waals surface area contributed by atoms with E-state index in [0.29, 0.717) is 10.9 Å². The lowest BCUT2D eigenvalue weighted by Gasteiger charge is -2.08. The lowest BCUT2D eigenvalue weighted by Crippen LogP contribution is -2.14. The summed E-state index contributed by atoms with van der Waals surface area (Å²) in [5.74, 6) is 4.13. The molecule has 0 aromatic heterocycles. The van der Waals surface area contributed by atoms with Crippen molar-refractivity contribution in [1.82, 2.24) is 0 Å². The minimum atomic E-state index is 0.605. The predicted molar refractivity (Wildman–Crippen MR) is 123 cm³/mol. The summed E-state index contributed by atoms with van der Waals surface area (Å²) in [6.07, 6.45) is 18.2. The molecular weight excluding hydrogens is 332 g/mol. The van der Waals surface area contributed by atoms with Crippen LogP contribution in [-0.2, 0) is 23.1 Å². The van der Waals surface area contributed by atoms with Crippen molar-refractivity contribution < 1.29 is 0 Å². The van der Waals surface area contributed by atoms with Gasteiger partial charge in [0.1, 0.15) is 17.3 Å². The Labute approximate surface area is 167 Å². The summed E-state index contributed by atoms with van der Waals surface area (Å²) in [4.78, 5) is 0. The Morgan fingerprint density at radius 2 is 1.00 bits per heavy atom. The smallest absolute Gasteiger partial charge is 0.0654 e. The highest BCUT2D eigenvalue weighted by Gasteiger charge is 2.16. The van der Waals surface area contributed by atoms with Crippen LogP contribution in [0, 0.1) is 0 Å². The first-order chi connectivity index (χ1) is 12.8. The monoisotopic (exact) mass is 377 g/mol. The van der Waals surface area contributed by atoms with Gasteiger partial charge in [-0.2, -0.15) is 0 Å². The van der Waals surface area contributed by atoms with Crippen molar-refractivity contribution in [2.45, 2.75) is 110 Å². The molecule has 0 atom stereocenters. The Kier molecular flexibility index (Phi) is 15.2. The number of hydrogen-bond donors (Lipinski definition) is 0. The van der Waals surface area contributed by atoms with Gasteiger partial charge in [-0.25, -0.2) is 0 Å². The molecule has 150 valence electrons. The summed E-state index contributed by atoms with van der Waals surface area (Å²) in [6, 6.07) is 9.58. The first-order valence-electron chi connectivity index (χ1n) is 11.5. The number of aryl methyl sites for hydroxylation is 1. The highest BCUT2D eigenvalue weighted by molar-refractivity contribution is 7.96. The molecule has 0 amide bonds. The molecule has 0 N–H and O–H groups in total. The summed E-state index contributed by atoms with van der Waals surface area (Å²) < 4.78 is 0. The molecule has 0 aliphatic heterocycles. The average molecular weight is 378 g/mol. The van der Waals surface area contributed by atoms with E-state index in [1.165, 1.54) is 101 Å². The van der Waals surface area contributed by atoms with E-state index in [4.69, 9.17) is 0 Å². The second-order valence-corrected chi connectivity index (χ2v) is 10.2. The average Bonchev–Trinajstić information content (AvgIpc) is 2.65. The van der Waals surface area contributed by atoms with Crippen molar-refractivity contribution in [3.05, 3.63) is 35.4 Å². The molecule has 0 bridgehead atoms. The van der Waals surface area contributed by atoms with Crippen molar-refractivity contribution in [3.8, 4) is 0 Å². The third-order valence-corrected chi connectivity index (χ3v) is 7.91. The lowest BCUT2D eigenvalue weighted by molar-refractivity contribution is 0.556. The maximum Gasteiger partial charge on any atom is 0.133 e. The zero-order chi connectivity index (χ0) is 18.9. The second kappa shape index (κ2) is 16.7. The molecule has 0 saturated heterocycles. The van der Waals surface area contributed by atoms with E-state index in [9.17, 15) is 0 Å². The SMILES string of the molecule is CCCCCCCCCCCCc1ccc(C[S+](CCC)CCC)cc1. The van der Waals surface area contributed by atoms with Gasteiger partial charge in [0.15, 0.2) is 0 Å². The van der Waals surface area contributed by atoms with E-state index in [1.807, 2.05) is 0 Å². The maximum absolute atomic E-state index is 2.40. The van der Waals surface area contributed by atoms with Crippen LogP contribution in [0.1, 0.15) is 109 Å². The quantitative estimate of drug-likeness (QED) is 0.190. The molecular formula is C25H45S+. The number of rotatable bonds is 17. The van der Waals surface area contributed by atoms with Crippen molar-refractivity contribution in [2.75, 3.05) is 11.5 Å². The van der Waals surface area contributed by atoms with Crippen molar-refractivity contribution in [1.29, 1.82) is 0 Å². The Morgan fingerprint density at radius 3 is 1.50 bits per heavy atom. The molecule has 0 saturated carbocycles. The van der Waals surface area contributed by atoms with E-state index in [0.717, 1.165) is 0 Å². The molecule has 0 aliphatic rings. The highest BCUT2D eigenvalue weighted by Crippen LogP contribution is 2.15. The first-order valence-corrected chi connectivity index (χ1v) is 13.2. The number of hydrogen-bond acceptors (Lipinski definition) is 0. The molecule has 0 fully saturated rings. The molecule has 1 aromatic carbocycles. The van der Waals surface area contributed by atoms with Crippen LogP contribution < -0.4 is 0 Å². The van der Waals surface area contributed by atoms with E-state index >= 15 is 0 Å². The zero-order valence-corrected chi connectivity index (χ0v) is 18.8. The van der Waals surface area contributed by atoms with Gasteiger partial charge in [-0.3, -0.25) is 0 Å². The molecule has 0 aliphatic carbocycles. The summed E-state index contributed by atoms with van der Waals surface area (Å²) >= 11 is 0. The van der Waals surface area contributed by atoms with Gasteiger partial charge in [0.2, 0.25) is 0 Å². The molecule has 1 aromatic rings. The third kappa shape index (κ3) is 12.0. The maximum atomic E-state index is 2.40. The van der Waals surface area contributed by atoms with Gasteiger partial charge >= 0.3 is 0 Å².